The number of likely N-dealkylation sites (tertiary alicyclic amines) is 1. The van der Waals surface area contributed by atoms with Crippen LogP contribution in [0.5, 0.6) is 0 Å². The molecule has 20 heavy (non-hydrogen) atoms. The van der Waals surface area contributed by atoms with Gasteiger partial charge in [-0.05, 0) is 39.3 Å². The molecule has 3 amide bonds. The fraction of sp³-hybridized carbons (Fsp3) is 0.769. The lowest BCUT2D eigenvalue weighted by Gasteiger charge is -2.23. The van der Waals surface area contributed by atoms with Gasteiger partial charge in [-0.15, -0.1) is 0 Å². The maximum Gasteiger partial charge on any atom is 0.321 e. The number of hydrogen-bond donors (Lipinski definition) is 3. The summed E-state index contributed by atoms with van der Waals surface area (Å²) in [5.41, 5.74) is 0. The van der Waals surface area contributed by atoms with Crippen LogP contribution >= 0.6 is 0 Å². The van der Waals surface area contributed by atoms with Crippen LogP contribution in [-0.2, 0) is 9.59 Å². The number of hydrogen-bond acceptors (Lipinski definition) is 4. The molecule has 7 nitrogen and oxygen atoms in total. The van der Waals surface area contributed by atoms with E-state index >= 15 is 0 Å². The van der Waals surface area contributed by atoms with E-state index in [-0.39, 0.29) is 25.3 Å². The number of nitrogens with zero attached hydrogens (tertiary/aromatic N) is 1. The molecule has 0 aliphatic carbocycles. The minimum absolute atomic E-state index is 0.0431. The van der Waals surface area contributed by atoms with Crippen LogP contribution in [0.2, 0.25) is 0 Å². The number of imide groups is 1. The molecule has 1 unspecified atom stereocenters. The molecule has 1 fully saturated rings. The predicted octanol–water partition coefficient (Wildman–Crippen LogP) is 0.551. The second-order valence-corrected chi connectivity index (χ2v) is 5.10. The Hall–Kier alpha value is -1.63. The molecule has 1 aliphatic heterocycles. The van der Waals surface area contributed by atoms with Crippen molar-refractivity contribution < 1.29 is 19.5 Å². The summed E-state index contributed by atoms with van der Waals surface area (Å²) in [7, 11) is 0. The minimum Gasteiger partial charge on any atom is -0.481 e. The van der Waals surface area contributed by atoms with E-state index in [4.69, 9.17) is 5.11 Å². The first-order valence-electron chi connectivity index (χ1n) is 7.02. The molecule has 0 radical (unpaired) electrons. The number of carbonyl (C=O) groups is 3. The van der Waals surface area contributed by atoms with Crippen molar-refractivity contribution in [2.24, 2.45) is 0 Å². The molecule has 1 atom stereocenters. The molecule has 0 spiro atoms. The normalized spacial score (nSPS) is 16.6. The van der Waals surface area contributed by atoms with Crippen molar-refractivity contribution in [2.45, 2.75) is 45.1 Å². The first kappa shape index (κ1) is 16.4. The molecular weight excluding hydrogens is 262 g/mol. The van der Waals surface area contributed by atoms with E-state index in [2.05, 4.69) is 15.5 Å². The van der Waals surface area contributed by atoms with Crippen molar-refractivity contribution in [3.05, 3.63) is 0 Å². The summed E-state index contributed by atoms with van der Waals surface area (Å²) in [6.45, 7) is 4.64. The highest BCUT2D eigenvalue weighted by Gasteiger charge is 2.18. The van der Waals surface area contributed by atoms with Crippen LogP contribution in [0.15, 0.2) is 0 Å². The summed E-state index contributed by atoms with van der Waals surface area (Å²) in [6, 6.07) is -0.262. The Morgan fingerprint density at radius 2 is 1.85 bits per heavy atom. The SMILES string of the molecule is CC(CNC(=O)NC(=O)CCCC(=O)O)N1CCCC1. The zero-order valence-electron chi connectivity index (χ0n) is 11.9. The zero-order chi connectivity index (χ0) is 15.0. The third kappa shape index (κ3) is 6.51. The fourth-order valence-corrected chi connectivity index (χ4v) is 2.19. The van der Waals surface area contributed by atoms with E-state index in [1.54, 1.807) is 0 Å². The molecule has 0 bridgehead atoms. The maximum atomic E-state index is 11.5. The summed E-state index contributed by atoms with van der Waals surface area (Å²) in [6.07, 6.45) is 2.60. The van der Waals surface area contributed by atoms with Crippen LogP contribution in [0.3, 0.4) is 0 Å². The Balaban J connectivity index is 2.12. The molecule has 0 saturated carbocycles. The second-order valence-electron chi connectivity index (χ2n) is 5.10. The third-order valence-electron chi connectivity index (χ3n) is 3.37. The zero-order valence-corrected chi connectivity index (χ0v) is 11.9. The van der Waals surface area contributed by atoms with Crippen LogP contribution in [0.25, 0.3) is 0 Å². The van der Waals surface area contributed by atoms with Crippen molar-refractivity contribution in [1.82, 2.24) is 15.5 Å². The van der Waals surface area contributed by atoms with Gasteiger partial charge in [-0.3, -0.25) is 19.8 Å². The third-order valence-corrected chi connectivity index (χ3v) is 3.37. The average molecular weight is 285 g/mol. The van der Waals surface area contributed by atoms with Crippen molar-refractivity contribution in [3.63, 3.8) is 0 Å². The van der Waals surface area contributed by atoms with Gasteiger partial charge in [-0.1, -0.05) is 0 Å². The van der Waals surface area contributed by atoms with E-state index in [0.29, 0.717) is 6.54 Å². The number of carboxylic acid groups (broad SMARTS) is 1. The number of rotatable bonds is 7. The van der Waals surface area contributed by atoms with Crippen molar-refractivity contribution in [3.8, 4) is 0 Å². The molecule has 1 saturated heterocycles. The Bertz CT molecular complexity index is 354. The Morgan fingerprint density at radius 1 is 1.20 bits per heavy atom. The molecule has 114 valence electrons. The quantitative estimate of drug-likeness (QED) is 0.634. The van der Waals surface area contributed by atoms with Crippen molar-refractivity contribution in [1.29, 1.82) is 0 Å². The number of carbonyl (C=O) groups excluding carboxylic acids is 2. The standard InChI is InChI=1S/C13H23N3O4/c1-10(16-7-2-3-8-16)9-14-13(20)15-11(17)5-4-6-12(18)19/h10H,2-9H2,1H3,(H,18,19)(H2,14,15,17,20). The lowest BCUT2D eigenvalue weighted by atomic mass is 10.2. The van der Waals surface area contributed by atoms with Crippen LogP contribution < -0.4 is 10.6 Å². The molecule has 1 aliphatic rings. The second kappa shape index (κ2) is 8.52. The van der Waals surface area contributed by atoms with Crippen LogP contribution in [-0.4, -0.2) is 53.6 Å². The van der Waals surface area contributed by atoms with E-state index in [1.165, 1.54) is 12.8 Å². The Morgan fingerprint density at radius 3 is 2.45 bits per heavy atom. The van der Waals surface area contributed by atoms with Gasteiger partial charge in [0.15, 0.2) is 0 Å². The van der Waals surface area contributed by atoms with Crippen LogP contribution in [0.4, 0.5) is 4.79 Å². The number of carboxylic acids is 1. The largest absolute Gasteiger partial charge is 0.481 e. The monoisotopic (exact) mass is 285 g/mol. The van der Waals surface area contributed by atoms with Gasteiger partial charge < -0.3 is 10.4 Å². The predicted molar refractivity (Wildman–Crippen MR) is 73.3 cm³/mol. The van der Waals surface area contributed by atoms with Crippen LogP contribution in [0.1, 0.15) is 39.0 Å². The topological polar surface area (TPSA) is 98.7 Å². The van der Waals surface area contributed by atoms with Gasteiger partial charge in [0.25, 0.3) is 0 Å². The van der Waals surface area contributed by atoms with Gasteiger partial charge in [0, 0.05) is 25.4 Å². The molecular formula is C13H23N3O4. The first-order valence-corrected chi connectivity index (χ1v) is 7.02. The molecule has 0 aromatic carbocycles. The Kier molecular flexibility index (Phi) is 7.00. The number of aliphatic carboxylic acids is 1. The highest BCUT2D eigenvalue weighted by Crippen LogP contribution is 2.10. The van der Waals surface area contributed by atoms with Gasteiger partial charge >= 0.3 is 12.0 Å². The molecule has 0 aromatic rings. The average Bonchev–Trinajstić information content (AvgIpc) is 2.89. The molecule has 1 heterocycles. The van der Waals surface area contributed by atoms with E-state index < -0.39 is 17.9 Å². The first-order chi connectivity index (χ1) is 9.49. The number of nitrogens with one attached hydrogen (secondary N) is 2. The lowest BCUT2D eigenvalue weighted by Crippen LogP contribution is -2.45. The Labute approximate surface area is 118 Å². The van der Waals surface area contributed by atoms with E-state index in [0.717, 1.165) is 13.1 Å². The highest BCUT2D eigenvalue weighted by atomic mass is 16.4. The van der Waals surface area contributed by atoms with Crippen molar-refractivity contribution in [2.75, 3.05) is 19.6 Å². The van der Waals surface area contributed by atoms with Gasteiger partial charge in [0.05, 0.1) is 0 Å². The van der Waals surface area contributed by atoms with Crippen molar-refractivity contribution >= 4 is 17.9 Å². The number of urea groups is 1. The summed E-state index contributed by atoms with van der Waals surface area (Å²) >= 11 is 0. The summed E-state index contributed by atoms with van der Waals surface area (Å²) in [5, 5.41) is 13.3. The lowest BCUT2D eigenvalue weighted by molar-refractivity contribution is -0.137. The smallest absolute Gasteiger partial charge is 0.321 e. The van der Waals surface area contributed by atoms with Gasteiger partial charge in [-0.2, -0.15) is 0 Å². The van der Waals surface area contributed by atoms with Gasteiger partial charge in [-0.25, -0.2) is 4.79 Å². The van der Waals surface area contributed by atoms with Gasteiger partial charge in [0.1, 0.15) is 0 Å². The maximum absolute atomic E-state index is 11.5. The van der Waals surface area contributed by atoms with E-state index in [1.807, 2.05) is 6.92 Å². The molecule has 7 heteroatoms. The summed E-state index contributed by atoms with van der Waals surface area (Å²) in [5.74, 6) is -1.39. The van der Waals surface area contributed by atoms with E-state index in [9.17, 15) is 14.4 Å². The minimum atomic E-state index is -0.943. The fourth-order valence-electron chi connectivity index (χ4n) is 2.19. The number of amides is 3. The van der Waals surface area contributed by atoms with Gasteiger partial charge in [0.2, 0.25) is 5.91 Å². The molecule has 1 rings (SSSR count). The highest BCUT2D eigenvalue weighted by molar-refractivity contribution is 5.94. The molecule has 3 N–H and O–H groups in total. The summed E-state index contributed by atoms with van der Waals surface area (Å²) < 4.78 is 0. The molecule has 0 aromatic heterocycles. The van der Waals surface area contributed by atoms with Crippen LogP contribution in [0, 0.1) is 0 Å². The summed E-state index contributed by atoms with van der Waals surface area (Å²) in [4.78, 5) is 35.4.